The Morgan fingerprint density at radius 3 is 2.28 bits per heavy atom. The summed E-state index contributed by atoms with van der Waals surface area (Å²) >= 11 is 0. The summed E-state index contributed by atoms with van der Waals surface area (Å²) in [6.07, 6.45) is 0.987. The molecule has 4 rings (SSSR count). The van der Waals surface area contributed by atoms with E-state index < -0.39 is 0 Å². The van der Waals surface area contributed by atoms with Crippen molar-refractivity contribution in [1.82, 2.24) is 25.4 Å². The van der Waals surface area contributed by atoms with E-state index in [1.165, 1.54) is 11.3 Å². The molecule has 0 atom stereocenters. The second-order valence-corrected chi connectivity index (χ2v) is 8.16. The molecule has 0 fully saturated rings. The number of hydrogen-bond acceptors (Lipinski definition) is 3. The first-order valence-corrected chi connectivity index (χ1v) is 10.2. The molecule has 0 saturated carbocycles. The van der Waals surface area contributed by atoms with E-state index in [-0.39, 0.29) is 0 Å². The second-order valence-electron chi connectivity index (χ2n) is 8.16. The number of rotatable bonds is 6. The Bertz CT molecular complexity index is 1090. The molecule has 0 spiro atoms. The minimum absolute atomic E-state index is 0.375. The Balaban J connectivity index is 1.70. The zero-order valence-corrected chi connectivity index (χ0v) is 17.4. The molecule has 5 heteroatoms. The number of aromatic nitrogens is 5. The summed E-state index contributed by atoms with van der Waals surface area (Å²) in [4.78, 5) is 4.90. The van der Waals surface area contributed by atoms with Gasteiger partial charge in [0.05, 0.1) is 22.8 Å². The van der Waals surface area contributed by atoms with Crippen molar-refractivity contribution in [3.8, 4) is 34.0 Å². The van der Waals surface area contributed by atoms with Crippen LogP contribution < -0.4 is 0 Å². The summed E-state index contributed by atoms with van der Waals surface area (Å²) in [5, 5.41) is 15.5. The maximum Gasteiger partial charge on any atom is 0.114 e. The van der Waals surface area contributed by atoms with Crippen molar-refractivity contribution in [2.24, 2.45) is 5.92 Å². The number of H-pyrrole nitrogens is 2. The molecule has 0 radical (unpaired) electrons. The summed E-state index contributed by atoms with van der Waals surface area (Å²) < 4.78 is 0. The predicted molar refractivity (Wildman–Crippen MR) is 117 cm³/mol. The van der Waals surface area contributed by atoms with E-state index in [1.807, 2.05) is 42.5 Å². The van der Waals surface area contributed by atoms with Crippen LogP contribution in [0, 0.1) is 5.92 Å². The Labute approximate surface area is 171 Å². The van der Waals surface area contributed by atoms with Gasteiger partial charge in [-0.2, -0.15) is 10.2 Å². The highest BCUT2D eigenvalue weighted by Crippen LogP contribution is 2.31. The van der Waals surface area contributed by atoms with Crippen LogP contribution in [0.5, 0.6) is 0 Å². The van der Waals surface area contributed by atoms with Gasteiger partial charge in [0.2, 0.25) is 0 Å². The third kappa shape index (κ3) is 3.99. The van der Waals surface area contributed by atoms with Crippen LogP contribution >= 0.6 is 0 Å². The molecule has 0 saturated heterocycles. The third-order valence-electron chi connectivity index (χ3n) is 4.99. The number of aromatic amines is 2. The number of nitrogens with one attached hydrogen (secondary N) is 2. The lowest BCUT2D eigenvalue weighted by Crippen LogP contribution is -2.01. The lowest BCUT2D eigenvalue weighted by Gasteiger charge is -2.11. The Kier molecular flexibility index (Phi) is 5.30. The van der Waals surface area contributed by atoms with Gasteiger partial charge in [-0.3, -0.25) is 10.2 Å². The molecule has 0 aliphatic carbocycles. The maximum absolute atomic E-state index is 4.90. The normalized spacial score (nSPS) is 11.5. The lowest BCUT2D eigenvalue weighted by molar-refractivity contribution is 0.626. The highest BCUT2D eigenvalue weighted by Gasteiger charge is 2.20. The molecule has 0 aliphatic rings. The fourth-order valence-electron chi connectivity index (χ4n) is 3.69. The van der Waals surface area contributed by atoms with Gasteiger partial charge in [0.15, 0.2) is 0 Å². The van der Waals surface area contributed by atoms with Crippen LogP contribution in [0.3, 0.4) is 0 Å². The zero-order valence-electron chi connectivity index (χ0n) is 17.4. The number of hydrogen-bond donors (Lipinski definition) is 2. The fourth-order valence-corrected chi connectivity index (χ4v) is 3.69. The standard InChI is InChI=1S/C24H27N5/c1-15(2)13-22-23(16(3)4)24(29-28-22)19-12-8-11-18(25-19)21-14-20(26-27-21)17-9-6-5-7-10-17/h5-12,14-16H,13H2,1-4H3,(H,26,27)(H,28,29). The van der Waals surface area contributed by atoms with E-state index >= 15 is 0 Å². The van der Waals surface area contributed by atoms with Gasteiger partial charge >= 0.3 is 0 Å². The molecule has 3 heterocycles. The first-order valence-electron chi connectivity index (χ1n) is 10.2. The summed E-state index contributed by atoms with van der Waals surface area (Å²) in [7, 11) is 0. The molecular weight excluding hydrogens is 358 g/mol. The Morgan fingerprint density at radius 2 is 1.55 bits per heavy atom. The maximum atomic E-state index is 4.90. The van der Waals surface area contributed by atoms with Crippen LogP contribution in [-0.4, -0.2) is 25.4 Å². The third-order valence-corrected chi connectivity index (χ3v) is 4.99. The molecule has 3 aromatic heterocycles. The Hall–Kier alpha value is -3.21. The molecule has 4 aromatic rings. The van der Waals surface area contributed by atoms with Crippen molar-refractivity contribution in [3.05, 3.63) is 65.9 Å². The summed E-state index contributed by atoms with van der Waals surface area (Å²) in [6, 6.07) is 18.2. The number of pyridine rings is 1. The van der Waals surface area contributed by atoms with Gasteiger partial charge in [0.25, 0.3) is 0 Å². The smallest absolute Gasteiger partial charge is 0.114 e. The van der Waals surface area contributed by atoms with E-state index in [9.17, 15) is 0 Å². The van der Waals surface area contributed by atoms with Crippen LogP contribution in [0.2, 0.25) is 0 Å². The molecule has 0 amide bonds. The van der Waals surface area contributed by atoms with Crippen molar-refractivity contribution < 1.29 is 0 Å². The summed E-state index contributed by atoms with van der Waals surface area (Å²) in [5.41, 5.74) is 8.06. The van der Waals surface area contributed by atoms with Crippen LogP contribution in [0.4, 0.5) is 0 Å². The van der Waals surface area contributed by atoms with Crippen LogP contribution in [0.25, 0.3) is 34.0 Å². The first kappa shape index (κ1) is 19.1. The second kappa shape index (κ2) is 8.03. The van der Waals surface area contributed by atoms with Crippen molar-refractivity contribution in [2.45, 2.75) is 40.0 Å². The van der Waals surface area contributed by atoms with Crippen molar-refractivity contribution >= 4 is 0 Å². The van der Waals surface area contributed by atoms with Crippen molar-refractivity contribution in [1.29, 1.82) is 0 Å². The molecule has 0 aliphatic heterocycles. The minimum atomic E-state index is 0.375. The monoisotopic (exact) mass is 385 g/mol. The highest BCUT2D eigenvalue weighted by atomic mass is 15.1. The topological polar surface area (TPSA) is 70.2 Å². The number of benzene rings is 1. The van der Waals surface area contributed by atoms with Crippen molar-refractivity contribution in [3.63, 3.8) is 0 Å². The molecular formula is C24H27N5. The SMILES string of the molecule is CC(C)Cc1[nH]nc(-c2cccc(-c3cc(-c4ccccc4)n[nH]3)n2)c1C(C)C. The van der Waals surface area contributed by atoms with Gasteiger partial charge in [-0.25, -0.2) is 4.98 Å². The van der Waals surface area contributed by atoms with E-state index in [1.54, 1.807) is 0 Å². The Morgan fingerprint density at radius 1 is 0.793 bits per heavy atom. The average molecular weight is 386 g/mol. The molecule has 1 aromatic carbocycles. The molecule has 5 nitrogen and oxygen atoms in total. The quantitative estimate of drug-likeness (QED) is 0.437. The largest absolute Gasteiger partial charge is 0.282 e. The van der Waals surface area contributed by atoms with Crippen LogP contribution in [0.15, 0.2) is 54.6 Å². The van der Waals surface area contributed by atoms with E-state index in [2.05, 4.69) is 60.2 Å². The summed E-state index contributed by atoms with van der Waals surface area (Å²) in [5.74, 6) is 0.946. The molecule has 148 valence electrons. The zero-order chi connectivity index (χ0) is 20.4. The lowest BCUT2D eigenvalue weighted by atomic mass is 9.94. The first-order chi connectivity index (χ1) is 14.0. The van der Waals surface area contributed by atoms with Gasteiger partial charge in [-0.05, 0) is 36.5 Å². The van der Waals surface area contributed by atoms with Gasteiger partial charge < -0.3 is 0 Å². The predicted octanol–water partition coefficient (Wildman–Crippen LogP) is 5.85. The number of nitrogens with zero attached hydrogens (tertiary/aromatic N) is 3. The van der Waals surface area contributed by atoms with E-state index in [4.69, 9.17) is 4.98 Å². The highest BCUT2D eigenvalue weighted by molar-refractivity contribution is 5.69. The molecule has 0 unspecified atom stereocenters. The van der Waals surface area contributed by atoms with E-state index in [0.717, 1.165) is 40.5 Å². The summed E-state index contributed by atoms with van der Waals surface area (Å²) in [6.45, 7) is 8.88. The average Bonchev–Trinajstić information content (AvgIpc) is 3.36. The van der Waals surface area contributed by atoms with Crippen molar-refractivity contribution in [2.75, 3.05) is 0 Å². The molecule has 0 bridgehead atoms. The minimum Gasteiger partial charge on any atom is -0.282 e. The van der Waals surface area contributed by atoms with E-state index in [0.29, 0.717) is 11.8 Å². The van der Waals surface area contributed by atoms with Gasteiger partial charge in [-0.15, -0.1) is 0 Å². The van der Waals surface area contributed by atoms with Crippen LogP contribution in [-0.2, 0) is 6.42 Å². The van der Waals surface area contributed by atoms with Gasteiger partial charge in [-0.1, -0.05) is 64.1 Å². The van der Waals surface area contributed by atoms with Gasteiger partial charge in [0.1, 0.15) is 5.69 Å². The fraction of sp³-hybridized carbons (Fsp3) is 0.292. The van der Waals surface area contributed by atoms with Crippen LogP contribution in [0.1, 0.15) is 44.9 Å². The molecule has 2 N–H and O–H groups in total. The molecule has 29 heavy (non-hydrogen) atoms. The van der Waals surface area contributed by atoms with Gasteiger partial charge in [0, 0.05) is 16.8 Å².